The number of hydrogen-bond donors (Lipinski definition) is 1. The van der Waals surface area contributed by atoms with Crippen LogP contribution in [0.2, 0.25) is 0 Å². The third-order valence-corrected chi connectivity index (χ3v) is 4.19. The van der Waals surface area contributed by atoms with Crippen LogP contribution in [0.3, 0.4) is 0 Å². The minimum Gasteiger partial charge on any atom is -0.378 e. The molecule has 1 amide bonds. The van der Waals surface area contributed by atoms with Crippen LogP contribution in [-0.2, 0) is 6.54 Å². The number of benzene rings is 1. The fraction of sp³-hybridized carbons (Fsp3) is 0.333. The molecule has 0 radical (unpaired) electrons. The third kappa shape index (κ3) is 3.36. The number of thiazole rings is 1. The summed E-state index contributed by atoms with van der Waals surface area (Å²) in [6.45, 7) is 4.50. The molecule has 2 aromatic rings. The van der Waals surface area contributed by atoms with Gasteiger partial charge in [0, 0.05) is 30.2 Å². The zero-order valence-electron chi connectivity index (χ0n) is 12.2. The first kappa shape index (κ1) is 14.5. The van der Waals surface area contributed by atoms with E-state index in [9.17, 15) is 4.79 Å². The summed E-state index contributed by atoms with van der Waals surface area (Å²) >= 11 is 1.63. The predicted molar refractivity (Wildman–Crippen MR) is 83.5 cm³/mol. The number of nitrogens with one attached hydrogen (secondary N) is 1. The van der Waals surface area contributed by atoms with Gasteiger partial charge in [-0.2, -0.15) is 0 Å². The fourth-order valence-electron chi connectivity index (χ4n) is 1.78. The molecule has 0 saturated carbocycles. The summed E-state index contributed by atoms with van der Waals surface area (Å²) in [4.78, 5) is 19.7. The monoisotopic (exact) mass is 289 g/mol. The number of amides is 1. The largest absolute Gasteiger partial charge is 0.378 e. The van der Waals surface area contributed by atoms with Gasteiger partial charge in [-0.1, -0.05) is 0 Å². The average Bonchev–Trinajstić information content (AvgIpc) is 2.75. The van der Waals surface area contributed by atoms with Gasteiger partial charge in [-0.25, -0.2) is 4.98 Å². The van der Waals surface area contributed by atoms with E-state index in [1.807, 2.05) is 57.1 Å². The topological polar surface area (TPSA) is 45.2 Å². The van der Waals surface area contributed by atoms with Gasteiger partial charge in [0.05, 0.1) is 12.2 Å². The Morgan fingerprint density at radius 1 is 1.25 bits per heavy atom. The van der Waals surface area contributed by atoms with Crippen LogP contribution in [0.4, 0.5) is 5.69 Å². The number of rotatable bonds is 4. The van der Waals surface area contributed by atoms with E-state index in [-0.39, 0.29) is 5.91 Å². The van der Waals surface area contributed by atoms with Crippen molar-refractivity contribution in [2.45, 2.75) is 20.4 Å². The first-order valence-electron chi connectivity index (χ1n) is 6.46. The molecule has 0 unspecified atom stereocenters. The van der Waals surface area contributed by atoms with E-state index in [1.165, 1.54) is 4.88 Å². The third-order valence-electron chi connectivity index (χ3n) is 3.12. The van der Waals surface area contributed by atoms with Gasteiger partial charge in [-0.05, 0) is 38.1 Å². The van der Waals surface area contributed by atoms with Gasteiger partial charge in [0.25, 0.3) is 5.91 Å². The quantitative estimate of drug-likeness (QED) is 0.941. The molecule has 0 bridgehead atoms. The molecule has 0 saturated heterocycles. The van der Waals surface area contributed by atoms with Gasteiger partial charge in [0.2, 0.25) is 0 Å². The summed E-state index contributed by atoms with van der Waals surface area (Å²) < 4.78 is 0. The SMILES string of the molecule is Cc1nc(CNC(=O)c2ccc(N(C)C)cc2)sc1C. The normalized spacial score (nSPS) is 10.4. The molecule has 5 heteroatoms. The van der Waals surface area contributed by atoms with E-state index in [2.05, 4.69) is 10.3 Å². The van der Waals surface area contributed by atoms with Crippen molar-refractivity contribution in [3.63, 3.8) is 0 Å². The lowest BCUT2D eigenvalue weighted by Gasteiger charge is -2.12. The Morgan fingerprint density at radius 3 is 2.40 bits per heavy atom. The van der Waals surface area contributed by atoms with E-state index in [1.54, 1.807) is 11.3 Å². The molecule has 20 heavy (non-hydrogen) atoms. The second-order valence-electron chi connectivity index (χ2n) is 4.87. The number of hydrogen-bond acceptors (Lipinski definition) is 4. The highest BCUT2D eigenvalue weighted by atomic mass is 32.1. The molecular weight excluding hydrogens is 270 g/mol. The van der Waals surface area contributed by atoms with Crippen molar-refractivity contribution in [2.24, 2.45) is 0 Å². The predicted octanol–water partition coefficient (Wildman–Crippen LogP) is 2.76. The zero-order chi connectivity index (χ0) is 14.7. The van der Waals surface area contributed by atoms with Crippen molar-refractivity contribution in [3.8, 4) is 0 Å². The second kappa shape index (κ2) is 6.05. The van der Waals surface area contributed by atoms with Crippen LogP contribution in [-0.4, -0.2) is 25.0 Å². The highest BCUT2D eigenvalue weighted by Crippen LogP contribution is 2.16. The molecule has 1 aromatic heterocycles. The summed E-state index contributed by atoms with van der Waals surface area (Å²) in [6, 6.07) is 7.55. The van der Waals surface area contributed by atoms with Crippen molar-refractivity contribution in [1.29, 1.82) is 0 Å². The van der Waals surface area contributed by atoms with E-state index in [0.29, 0.717) is 12.1 Å². The van der Waals surface area contributed by atoms with Gasteiger partial charge >= 0.3 is 0 Å². The number of carbonyl (C=O) groups excluding carboxylic acids is 1. The molecule has 1 N–H and O–H groups in total. The molecule has 106 valence electrons. The summed E-state index contributed by atoms with van der Waals surface area (Å²) in [7, 11) is 3.95. The maximum atomic E-state index is 12.0. The molecule has 0 aliphatic heterocycles. The van der Waals surface area contributed by atoms with Crippen LogP contribution in [0.5, 0.6) is 0 Å². The first-order chi connectivity index (χ1) is 9.47. The molecule has 1 heterocycles. The minimum atomic E-state index is -0.0687. The van der Waals surface area contributed by atoms with Crippen molar-refractivity contribution < 1.29 is 4.79 Å². The van der Waals surface area contributed by atoms with Crippen LogP contribution >= 0.6 is 11.3 Å². The molecule has 1 aromatic carbocycles. The first-order valence-corrected chi connectivity index (χ1v) is 7.27. The van der Waals surface area contributed by atoms with Gasteiger partial charge in [0.15, 0.2) is 0 Å². The Hall–Kier alpha value is -1.88. The van der Waals surface area contributed by atoms with E-state index < -0.39 is 0 Å². The number of anilines is 1. The molecule has 4 nitrogen and oxygen atoms in total. The maximum absolute atomic E-state index is 12.0. The molecule has 0 aliphatic rings. The summed E-state index contributed by atoms with van der Waals surface area (Å²) in [6.07, 6.45) is 0. The molecule has 0 fully saturated rings. The lowest BCUT2D eigenvalue weighted by molar-refractivity contribution is 0.0951. The molecule has 2 rings (SSSR count). The van der Waals surface area contributed by atoms with Gasteiger partial charge in [-0.3, -0.25) is 4.79 Å². The van der Waals surface area contributed by atoms with Crippen LogP contribution in [0, 0.1) is 13.8 Å². The van der Waals surface area contributed by atoms with E-state index >= 15 is 0 Å². The Labute approximate surface area is 123 Å². The molecule has 0 atom stereocenters. The Morgan fingerprint density at radius 2 is 1.90 bits per heavy atom. The molecule has 0 aliphatic carbocycles. The second-order valence-corrected chi connectivity index (χ2v) is 6.16. The lowest BCUT2D eigenvalue weighted by atomic mass is 10.2. The average molecular weight is 289 g/mol. The highest BCUT2D eigenvalue weighted by Gasteiger charge is 2.08. The van der Waals surface area contributed by atoms with E-state index in [0.717, 1.165) is 16.4 Å². The Bertz CT molecular complexity index is 583. The van der Waals surface area contributed by atoms with Crippen molar-refractivity contribution >= 4 is 22.9 Å². The van der Waals surface area contributed by atoms with Crippen LogP contribution in [0.1, 0.15) is 25.9 Å². The maximum Gasteiger partial charge on any atom is 0.251 e. The summed E-state index contributed by atoms with van der Waals surface area (Å²) in [5.41, 5.74) is 2.78. The zero-order valence-corrected chi connectivity index (χ0v) is 13.0. The van der Waals surface area contributed by atoms with Crippen molar-refractivity contribution in [3.05, 3.63) is 45.4 Å². The standard InChI is InChI=1S/C15H19N3OS/c1-10-11(2)20-14(17-10)9-16-15(19)12-5-7-13(8-6-12)18(3)4/h5-8H,9H2,1-4H3,(H,16,19). The molecule has 0 spiro atoms. The molecular formula is C15H19N3OS. The van der Waals surface area contributed by atoms with Gasteiger partial charge in [-0.15, -0.1) is 11.3 Å². The van der Waals surface area contributed by atoms with Crippen LogP contribution < -0.4 is 10.2 Å². The van der Waals surface area contributed by atoms with E-state index in [4.69, 9.17) is 0 Å². The number of nitrogens with zero attached hydrogens (tertiary/aromatic N) is 2. The number of aryl methyl sites for hydroxylation is 2. The minimum absolute atomic E-state index is 0.0687. The number of carbonyl (C=O) groups is 1. The smallest absolute Gasteiger partial charge is 0.251 e. The lowest BCUT2D eigenvalue weighted by Crippen LogP contribution is -2.22. The highest BCUT2D eigenvalue weighted by molar-refractivity contribution is 7.11. The Kier molecular flexibility index (Phi) is 4.39. The van der Waals surface area contributed by atoms with Crippen LogP contribution in [0.15, 0.2) is 24.3 Å². The van der Waals surface area contributed by atoms with Crippen molar-refractivity contribution in [2.75, 3.05) is 19.0 Å². The van der Waals surface area contributed by atoms with Crippen LogP contribution in [0.25, 0.3) is 0 Å². The Balaban J connectivity index is 1.97. The van der Waals surface area contributed by atoms with Crippen molar-refractivity contribution in [1.82, 2.24) is 10.3 Å². The number of aromatic nitrogens is 1. The van der Waals surface area contributed by atoms with Gasteiger partial charge in [0.1, 0.15) is 5.01 Å². The summed E-state index contributed by atoms with van der Waals surface area (Å²) in [5.74, 6) is -0.0687. The van der Waals surface area contributed by atoms with Gasteiger partial charge < -0.3 is 10.2 Å². The fourth-order valence-corrected chi connectivity index (χ4v) is 2.66. The summed E-state index contributed by atoms with van der Waals surface area (Å²) in [5, 5.41) is 3.84.